The molecule has 0 saturated heterocycles. The summed E-state index contributed by atoms with van der Waals surface area (Å²) < 4.78 is 2.16. The van der Waals surface area contributed by atoms with Crippen LogP contribution in [0, 0.1) is 12.8 Å². The van der Waals surface area contributed by atoms with Crippen LogP contribution < -0.4 is 10.6 Å². The lowest BCUT2D eigenvalue weighted by Crippen LogP contribution is -2.37. The lowest BCUT2D eigenvalue weighted by molar-refractivity contribution is 0.549. The molecule has 1 aromatic carbocycles. The van der Waals surface area contributed by atoms with Gasteiger partial charge in [-0.05, 0) is 43.7 Å². The second-order valence-electron chi connectivity index (χ2n) is 7.08. The Morgan fingerprint density at radius 3 is 2.67 bits per heavy atom. The van der Waals surface area contributed by atoms with Gasteiger partial charge in [0.25, 0.3) is 0 Å². The van der Waals surface area contributed by atoms with Gasteiger partial charge in [0.2, 0.25) is 0 Å². The summed E-state index contributed by atoms with van der Waals surface area (Å²) in [4.78, 5) is 9.02. The predicted octanol–water partition coefficient (Wildman–Crippen LogP) is 4.35. The fourth-order valence-electron chi connectivity index (χ4n) is 2.82. The van der Waals surface area contributed by atoms with Gasteiger partial charge in [0.15, 0.2) is 5.96 Å². The zero-order valence-electron chi connectivity index (χ0n) is 17.0. The second kappa shape index (κ2) is 12.8. The summed E-state index contributed by atoms with van der Waals surface area (Å²) in [5.74, 6) is 2.68. The molecule has 2 rings (SSSR count). The maximum atomic E-state index is 4.73. The fourth-order valence-corrected chi connectivity index (χ4v) is 2.82. The highest BCUT2D eigenvalue weighted by Gasteiger charge is 2.02. The van der Waals surface area contributed by atoms with Crippen molar-refractivity contribution < 1.29 is 0 Å². The lowest BCUT2D eigenvalue weighted by Gasteiger charge is -2.12. The van der Waals surface area contributed by atoms with Gasteiger partial charge in [0.05, 0.1) is 6.54 Å². The minimum absolute atomic E-state index is 0. The van der Waals surface area contributed by atoms with Gasteiger partial charge >= 0.3 is 0 Å². The summed E-state index contributed by atoms with van der Waals surface area (Å²) >= 11 is 0. The summed E-state index contributed by atoms with van der Waals surface area (Å²) in [6.07, 6.45) is 6.27. The molecular formula is C21H34IN5. The lowest BCUT2D eigenvalue weighted by atomic mass is 10.1. The van der Waals surface area contributed by atoms with Crippen molar-refractivity contribution in [1.29, 1.82) is 0 Å². The van der Waals surface area contributed by atoms with E-state index in [-0.39, 0.29) is 24.0 Å². The normalized spacial score (nSPS) is 11.4. The Morgan fingerprint density at radius 2 is 2.00 bits per heavy atom. The molecule has 0 saturated carbocycles. The van der Waals surface area contributed by atoms with Crippen LogP contribution in [-0.2, 0) is 13.1 Å². The molecule has 0 aliphatic heterocycles. The quantitative estimate of drug-likeness (QED) is 0.241. The zero-order chi connectivity index (χ0) is 18.8. The number of imidazole rings is 1. The number of rotatable bonds is 9. The Hall–Kier alpha value is -1.57. The molecular weight excluding hydrogens is 449 g/mol. The highest BCUT2D eigenvalue weighted by Crippen LogP contribution is 2.10. The van der Waals surface area contributed by atoms with Crippen LogP contribution in [0.15, 0.2) is 41.7 Å². The van der Waals surface area contributed by atoms with E-state index in [1.807, 2.05) is 19.3 Å². The van der Waals surface area contributed by atoms with E-state index in [0.29, 0.717) is 6.54 Å². The summed E-state index contributed by atoms with van der Waals surface area (Å²) in [6.45, 7) is 12.0. The molecule has 1 heterocycles. The van der Waals surface area contributed by atoms with Crippen LogP contribution >= 0.6 is 24.0 Å². The van der Waals surface area contributed by atoms with E-state index in [4.69, 9.17) is 4.99 Å². The number of nitrogens with zero attached hydrogens (tertiary/aromatic N) is 3. The molecule has 0 unspecified atom stereocenters. The van der Waals surface area contributed by atoms with E-state index in [2.05, 4.69) is 65.2 Å². The van der Waals surface area contributed by atoms with Gasteiger partial charge in [-0.2, -0.15) is 0 Å². The Morgan fingerprint density at radius 1 is 1.22 bits per heavy atom. The van der Waals surface area contributed by atoms with Gasteiger partial charge in [-0.15, -0.1) is 24.0 Å². The van der Waals surface area contributed by atoms with Crippen LogP contribution in [0.25, 0.3) is 0 Å². The molecule has 150 valence electrons. The molecule has 0 aliphatic rings. The summed E-state index contributed by atoms with van der Waals surface area (Å²) in [7, 11) is 0. The van der Waals surface area contributed by atoms with E-state index >= 15 is 0 Å². The summed E-state index contributed by atoms with van der Waals surface area (Å²) in [6, 6.07) is 8.62. The van der Waals surface area contributed by atoms with E-state index < -0.39 is 0 Å². The first kappa shape index (κ1) is 23.5. The molecule has 27 heavy (non-hydrogen) atoms. The third-order valence-corrected chi connectivity index (χ3v) is 4.28. The van der Waals surface area contributed by atoms with E-state index in [1.54, 1.807) is 0 Å². The van der Waals surface area contributed by atoms with Crippen LogP contribution in [0.1, 0.15) is 50.6 Å². The SMILES string of the molecule is CCNC(=NCc1cccc(Cn2ccnc2C)c1)NCCCC(C)C.I. The fraction of sp³-hybridized carbons (Fsp3) is 0.524. The molecule has 0 spiro atoms. The Balaban J connectivity index is 0.00000364. The third-order valence-electron chi connectivity index (χ3n) is 4.28. The Kier molecular flexibility index (Phi) is 11.1. The number of aromatic nitrogens is 2. The smallest absolute Gasteiger partial charge is 0.191 e. The van der Waals surface area contributed by atoms with Crippen molar-refractivity contribution in [2.45, 2.75) is 53.6 Å². The molecule has 0 bridgehead atoms. The average Bonchev–Trinajstić information content (AvgIpc) is 3.01. The van der Waals surface area contributed by atoms with Gasteiger partial charge in [-0.1, -0.05) is 38.1 Å². The standard InChI is InChI=1S/C21H33N5.HI/c1-5-22-21(24-11-7-8-17(2)3)25-15-19-9-6-10-20(14-19)16-26-13-12-23-18(26)4;/h6,9-10,12-14,17H,5,7-8,11,15-16H2,1-4H3,(H2,22,24,25);1H. The van der Waals surface area contributed by atoms with Crippen molar-refractivity contribution in [1.82, 2.24) is 20.2 Å². The first-order chi connectivity index (χ1) is 12.6. The van der Waals surface area contributed by atoms with Crippen molar-refractivity contribution in [3.63, 3.8) is 0 Å². The van der Waals surface area contributed by atoms with Gasteiger partial charge in [0.1, 0.15) is 5.82 Å². The summed E-state index contributed by atoms with van der Waals surface area (Å²) in [5.41, 5.74) is 2.49. The minimum atomic E-state index is 0. The van der Waals surface area contributed by atoms with Crippen molar-refractivity contribution in [3.8, 4) is 0 Å². The molecule has 0 amide bonds. The highest BCUT2D eigenvalue weighted by atomic mass is 127. The molecule has 0 atom stereocenters. The molecule has 0 aliphatic carbocycles. The van der Waals surface area contributed by atoms with E-state index in [1.165, 1.54) is 24.0 Å². The third kappa shape index (κ3) is 8.77. The number of hydrogen-bond acceptors (Lipinski definition) is 2. The first-order valence-corrected chi connectivity index (χ1v) is 9.66. The molecule has 0 fully saturated rings. The number of aliphatic imine (C=N–C) groups is 1. The molecule has 2 N–H and O–H groups in total. The average molecular weight is 483 g/mol. The topological polar surface area (TPSA) is 54.2 Å². The first-order valence-electron chi connectivity index (χ1n) is 9.66. The van der Waals surface area contributed by atoms with Crippen LogP contribution in [0.2, 0.25) is 0 Å². The molecule has 6 heteroatoms. The molecule has 2 aromatic rings. The maximum absolute atomic E-state index is 4.73. The minimum Gasteiger partial charge on any atom is -0.357 e. The van der Waals surface area contributed by atoms with Gasteiger partial charge in [0, 0.05) is 32.0 Å². The van der Waals surface area contributed by atoms with Crippen LogP contribution in [0.5, 0.6) is 0 Å². The van der Waals surface area contributed by atoms with Crippen molar-refractivity contribution >= 4 is 29.9 Å². The Bertz CT molecular complexity index is 693. The zero-order valence-corrected chi connectivity index (χ0v) is 19.4. The number of benzene rings is 1. The summed E-state index contributed by atoms with van der Waals surface area (Å²) in [5, 5.41) is 6.76. The van der Waals surface area contributed by atoms with Gasteiger partial charge < -0.3 is 15.2 Å². The van der Waals surface area contributed by atoms with E-state index in [0.717, 1.165) is 37.3 Å². The predicted molar refractivity (Wildman–Crippen MR) is 125 cm³/mol. The molecule has 0 radical (unpaired) electrons. The van der Waals surface area contributed by atoms with Crippen LogP contribution in [0.4, 0.5) is 0 Å². The maximum Gasteiger partial charge on any atom is 0.191 e. The Labute approximate surface area is 181 Å². The largest absolute Gasteiger partial charge is 0.357 e. The van der Waals surface area contributed by atoms with Gasteiger partial charge in [-0.3, -0.25) is 0 Å². The second-order valence-corrected chi connectivity index (χ2v) is 7.08. The monoisotopic (exact) mass is 483 g/mol. The van der Waals surface area contributed by atoms with Crippen molar-refractivity contribution in [2.75, 3.05) is 13.1 Å². The van der Waals surface area contributed by atoms with E-state index in [9.17, 15) is 0 Å². The van der Waals surface area contributed by atoms with Crippen LogP contribution in [-0.4, -0.2) is 28.6 Å². The van der Waals surface area contributed by atoms with Crippen molar-refractivity contribution in [3.05, 3.63) is 53.6 Å². The highest BCUT2D eigenvalue weighted by molar-refractivity contribution is 14.0. The number of nitrogens with one attached hydrogen (secondary N) is 2. The van der Waals surface area contributed by atoms with Crippen LogP contribution in [0.3, 0.4) is 0 Å². The number of guanidine groups is 1. The van der Waals surface area contributed by atoms with Crippen molar-refractivity contribution in [2.24, 2.45) is 10.9 Å². The van der Waals surface area contributed by atoms with Gasteiger partial charge in [-0.25, -0.2) is 9.98 Å². The molecule has 5 nitrogen and oxygen atoms in total. The molecule has 1 aromatic heterocycles. The number of aryl methyl sites for hydroxylation is 1. The number of halogens is 1. The number of hydrogen-bond donors (Lipinski definition) is 2.